The molecule has 1 fully saturated rings. The van der Waals surface area contributed by atoms with Gasteiger partial charge in [-0.2, -0.15) is 0 Å². The zero-order chi connectivity index (χ0) is 14.8. The molecule has 1 N–H and O–H groups in total. The molecular weight excluding hydrogens is 268 g/mol. The van der Waals surface area contributed by atoms with Crippen molar-refractivity contribution in [3.8, 4) is 0 Å². The largest absolute Gasteiger partial charge is 0.469 e. The Balaban J connectivity index is 1.78. The van der Waals surface area contributed by atoms with Crippen LogP contribution in [0.25, 0.3) is 10.9 Å². The van der Waals surface area contributed by atoms with Crippen molar-refractivity contribution in [1.29, 1.82) is 0 Å². The van der Waals surface area contributed by atoms with Gasteiger partial charge in [0.2, 0.25) is 0 Å². The van der Waals surface area contributed by atoms with E-state index < -0.39 is 0 Å². The number of amides is 1. The highest BCUT2D eigenvalue weighted by atomic mass is 16.5. The predicted octanol–water partition coefficient (Wildman–Crippen LogP) is 2.19. The van der Waals surface area contributed by atoms with Gasteiger partial charge in [-0.1, -0.05) is 0 Å². The summed E-state index contributed by atoms with van der Waals surface area (Å²) in [5.74, 6) is -0.455. The second-order valence-electron chi connectivity index (χ2n) is 5.39. The van der Waals surface area contributed by atoms with Gasteiger partial charge >= 0.3 is 5.97 Å². The molecule has 1 aromatic heterocycles. The fourth-order valence-corrected chi connectivity index (χ4v) is 2.89. The normalized spacial score (nSPS) is 18.7. The van der Waals surface area contributed by atoms with Gasteiger partial charge in [0.1, 0.15) is 0 Å². The second-order valence-corrected chi connectivity index (χ2v) is 5.39. The van der Waals surface area contributed by atoms with Gasteiger partial charge in [0, 0.05) is 35.8 Å². The number of hydrogen-bond acceptors (Lipinski definition) is 3. The average Bonchev–Trinajstić information content (AvgIpc) is 3.01. The number of carbonyl (C=O) groups excluding carboxylic acids is 2. The molecule has 1 unspecified atom stereocenters. The van der Waals surface area contributed by atoms with Gasteiger partial charge < -0.3 is 14.6 Å². The van der Waals surface area contributed by atoms with E-state index in [1.807, 2.05) is 30.5 Å². The quantitative estimate of drug-likeness (QED) is 0.861. The van der Waals surface area contributed by atoms with Crippen molar-refractivity contribution >= 4 is 22.8 Å². The van der Waals surface area contributed by atoms with E-state index in [9.17, 15) is 9.59 Å². The van der Waals surface area contributed by atoms with Crippen LogP contribution in [0.15, 0.2) is 30.5 Å². The van der Waals surface area contributed by atoms with Gasteiger partial charge in [-0.05, 0) is 37.1 Å². The summed E-state index contributed by atoms with van der Waals surface area (Å²) in [6, 6.07) is 7.56. The van der Waals surface area contributed by atoms with Crippen LogP contribution in [-0.2, 0) is 9.53 Å². The van der Waals surface area contributed by atoms with E-state index in [-0.39, 0.29) is 17.8 Å². The molecule has 5 nitrogen and oxygen atoms in total. The van der Waals surface area contributed by atoms with Crippen molar-refractivity contribution in [1.82, 2.24) is 9.88 Å². The number of likely N-dealkylation sites (tertiary alicyclic amines) is 1. The maximum Gasteiger partial charge on any atom is 0.310 e. The Morgan fingerprint density at radius 2 is 2.19 bits per heavy atom. The van der Waals surface area contributed by atoms with Gasteiger partial charge in [0.15, 0.2) is 0 Å². The number of benzene rings is 1. The molecule has 21 heavy (non-hydrogen) atoms. The summed E-state index contributed by atoms with van der Waals surface area (Å²) in [6.45, 7) is 1.13. The molecule has 2 aromatic rings. The maximum absolute atomic E-state index is 12.6. The number of aromatic amines is 1. The second kappa shape index (κ2) is 5.60. The summed E-state index contributed by atoms with van der Waals surface area (Å²) < 4.78 is 4.79. The Morgan fingerprint density at radius 1 is 1.33 bits per heavy atom. The molecule has 0 aliphatic carbocycles. The number of fused-ring (bicyclic) bond motifs is 1. The molecule has 0 radical (unpaired) electrons. The molecule has 0 bridgehead atoms. The Morgan fingerprint density at radius 3 is 3.00 bits per heavy atom. The van der Waals surface area contributed by atoms with Gasteiger partial charge in [0.25, 0.3) is 5.91 Å². The topological polar surface area (TPSA) is 62.4 Å². The Hall–Kier alpha value is -2.30. The molecular formula is C16H18N2O3. The van der Waals surface area contributed by atoms with Gasteiger partial charge in [-0.25, -0.2) is 0 Å². The Kier molecular flexibility index (Phi) is 3.64. The number of ether oxygens (including phenoxy) is 1. The summed E-state index contributed by atoms with van der Waals surface area (Å²) >= 11 is 0. The highest BCUT2D eigenvalue weighted by molar-refractivity contribution is 5.98. The molecule has 110 valence electrons. The van der Waals surface area contributed by atoms with E-state index >= 15 is 0 Å². The first-order valence-electron chi connectivity index (χ1n) is 7.13. The first kappa shape index (κ1) is 13.7. The van der Waals surface area contributed by atoms with E-state index in [4.69, 9.17) is 4.74 Å². The number of carbonyl (C=O) groups is 2. The third-order valence-electron chi connectivity index (χ3n) is 4.04. The lowest BCUT2D eigenvalue weighted by atomic mass is 9.97. The number of H-pyrrole nitrogens is 1. The van der Waals surface area contributed by atoms with E-state index in [1.54, 1.807) is 4.90 Å². The third kappa shape index (κ3) is 2.63. The standard InChI is InChI=1S/C16H18N2O3/c1-21-16(20)13-3-2-8-18(10-13)15(19)12-4-5-14-11(9-12)6-7-17-14/h4-7,9,13,17H,2-3,8,10H2,1H3. The number of piperidine rings is 1. The molecule has 0 saturated carbocycles. The van der Waals surface area contributed by atoms with Crippen molar-refractivity contribution in [3.63, 3.8) is 0 Å². The lowest BCUT2D eigenvalue weighted by Crippen LogP contribution is -2.42. The van der Waals surface area contributed by atoms with E-state index in [0.29, 0.717) is 18.7 Å². The average molecular weight is 286 g/mol. The van der Waals surface area contributed by atoms with Crippen LogP contribution < -0.4 is 0 Å². The van der Waals surface area contributed by atoms with Gasteiger partial charge in [0.05, 0.1) is 13.0 Å². The van der Waals surface area contributed by atoms with Crippen LogP contribution in [0.2, 0.25) is 0 Å². The number of nitrogens with zero attached hydrogens (tertiary/aromatic N) is 1. The highest BCUT2D eigenvalue weighted by Crippen LogP contribution is 2.21. The lowest BCUT2D eigenvalue weighted by Gasteiger charge is -2.31. The van der Waals surface area contributed by atoms with Crippen molar-refractivity contribution < 1.29 is 14.3 Å². The van der Waals surface area contributed by atoms with Crippen LogP contribution in [0.4, 0.5) is 0 Å². The predicted molar refractivity (Wildman–Crippen MR) is 78.9 cm³/mol. The molecule has 1 aliphatic rings. The number of aromatic nitrogens is 1. The minimum atomic E-state index is -0.228. The zero-order valence-corrected chi connectivity index (χ0v) is 12.0. The van der Waals surface area contributed by atoms with E-state index in [2.05, 4.69) is 4.98 Å². The molecule has 1 amide bonds. The first-order chi connectivity index (χ1) is 10.2. The Labute approximate surface area is 122 Å². The molecule has 1 aliphatic heterocycles. The fourth-order valence-electron chi connectivity index (χ4n) is 2.89. The van der Waals surface area contributed by atoms with Crippen LogP contribution in [0.3, 0.4) is 0 Å². The molecule has 3 rings (SSSR count). The molecule has 1 atom stereocenters. The van der Waals surface area contributed by atoms with Gasteiger partial charge in [-0.3, -0.25) is 9.59 Å². The van der Waals surface area contributed by atoms with Gasteiger partial charge in [-0.15, -0.1) is 0 Å². The SMILES string of the molecule is COC(=O)C1CCCN(C(=O)c2ccc3[nH]ccc3c2)C1. The third-order valence-corrected chi connectivity index (χ3v) is 4.04. The molecule has 0 spiro atoms. The number of esters is 1. The summed E-state index contributed by atoms with van der Waals surface area (Å²) in [4.78, 5) is 29.1. The van der Waals surface area contributed by atoms with Crippen LogP contribution in [0.5, 0.6) is 0 Å². The van der Waals surface area contributed by atoms with E-state index in [0.717, 1.165) is 23.7 Å². The van der Waals surface area contributed by atoms with Crippen molar-refractivity contribution in [3.05, 3.63) is 36.0 Å². The van der Waals surface area contributed by atoms with Crippen molar-refractivity contribution in [2.45, 2.75) is 12.8 Å². The molecule has 1 saturated heterocycles. The van der Waals surface area contributed by atoms with E-state index in [1.165, 1.54) is 7.11 Å². The molecule has 2 heterocycles. The maximum atomic E-state index is 12.6. The van der Waals surface area contributed by atoms with Crippen molar-refractivity contribution in [2.75, 3.05) is 20.2 Å². The van der Waals surface area contributed by atoms with Crippen LogP contribution in [0.1, 0.15) is 23.2 Å². The monoisotopic (exact) mass is 286 g/mol. The Bertz CT molecular complexity index is 677. The van der Waals surface area contributed by atoms with Crippen LogP contribution in [0, 0.1) is 5.92 Å². The number of methoxy groups -OCH3 is 1. The zero-order valence-electron chi connectivity index (χ0n) is 12.0. The summed E-state index contributed by atoms with van der Waals surface area (Å²) in [5.41, 5.74) is 1.67. The van der Waals surface area contributed by atoms with Crippen LogP contribution >= 0.6 is 0 Å². The summed E-state index contributed by atoms with van der Waals surface area (Å²) in [7, 11) is 1.39. The lowest BCUT2D eigenvalue weighted by molar-refractivity contribution is -0.146. The minimum Gasteiger partial charge on any atom is -0.469 e. The van der Waals surface area contributed by atoms with Crippen LogP contribution in [-0.4, -0.2) is 42.0 Å². The first-order valence-corrected chi connectivity index (χ1v) is 7.13. The smallest absolute Gasteiger partial charge is 0.310 e. The fraction of sp³-hybridized carbons (Fsp3) is 0.375. The molecule has 1 aromatic carbocycles. The number of rotatable bonds is 2. The number of nitrogens with one attached hydrogen (secondary N) is 1. The summed E-state index contributed by atoms with van der Waals surface area (Å²) in [5, 5.41) is 1.02. The van der Waals surface area contributed by atoms with Crippen molar-refractivity contribution in [2.24, 2.45) is 5.92 Å². The number of hydrogen-bond donors (Lipinski definition) is 1. The highest BCUT2D eigenvalue weighted by Gasteiger charge is 2.29. The minimum absolute atomic E-state index is 0.0216. The summed E-state index contributed by atoms with van der Waals surface area (Å²) in [6.07, 6.45) is 3.47. The molecule has 5 heteroatoms.